The number of carbonyl (C=O) groups is 2. The Morgan fingerprint density at radius 1 is 1.04 bits per heavy atom. The van der Waals surface area contributed by atoms with Crippen molar-refractivity contribution in [3.63, 3.8) is 0 Å². The van der Waals surface area contributed by atoms with Gasteiger partial charge >= 0.3 is 5.97 Å². The van der Waals surface area contributed by atoms with Crippen LogP contribution < -0.4 is 14.8 Å². The third kappa shape index (κ3) is 5.50. The lowest BCUT2D eigenvalue weighted by Crippen LogP contribution is -2.17. The van der Waals surface area contributed by atoms with Crippen LogP contribution in [0.15, 0.2) is 36.4 Å². The van der Waals surface area contributed by atoms with Gasteiger partial charge in [0.25, 0.3) is 0 Å². The SMILES string of the molecule is CCC(=O)Nc1ccc(OC(=O)COc2cc(C)c(Cl)c(C)c2)cc1. The van der Waals surface area contributed by atoms with E-state index in [-0.39, 0.29) is 12.5 Å². The average Bonchev–Trinajstić information content (AvgIpc) is 2.59. The summed E-state index contributed by atoms with van der Waals surface area (Å²) in [5.74, 6) is 0.350. The van der Waals surface area contributed by atoms with Gasteiger partial charge in [-0.3, -0.25) is 4.79 Å². The number of rotatable bonds is 6. The Kier molecular flexibility index (Phi) is 6.42. The van der Waals surface area contributed by atoms with Crippen LogP contribution in [-0.2, 0) is 9.59 Å². The van der Waals surface area contributed by atoms with Crippen molar-refractivity contribution in [2.75, 3.05) is 11.9 Å². The van der Waals surface area contributed by atoms with Crippen LogP contribution in [0.1, 0.15) is 24.5 Å². The second-order valence-electron chi connectivity index (χ2n) is 5.56. The molecule has 2 aromatic carbocycles. The van der Waals surface area contributed by atoms with Crippen LogP contribution in [0.2, 0.25) is 5.02 Å². The molecule has 1 N–H and O–H groups in total. The summed E-state index contributed by atoms with van der Waals surface area (Å²) in [5.41, 5.74) is 2.42. The molecule has 1 amide bonds. The standard InChI is InChI=1S/C19H20ClNO4/c1-4-17(22)21-14-5-7-15(8-6-14)25-18(23)11-24-16-9-12(2)19(20)13(3)10-16/h5-10H,4,11H2,1-3H3,(H,21,22). The zero-order valence-corrected chi connectivity index (χ0v) is 15.1. The van der Waals surface area contributed by atoms with Gasteiger partial charge in [0, 0.05) is 17.1 Å². The number of nitrogens with one attached hydrogen (secondary N) is 1. The number of benzene rings is 2. The van der Waals surface area contributed by atoms with Gasteiger partial charge in [-0.2, -0.15) is 0 Å². The van der Waals surface area contributed by atoms with Crippen molar-refractivity contribution in [2.24, 2.45) is 0 Å². The monoisotopic (exact) mass is 361 g/mol. The first-order valence-corrected chi connectivity index (χ1v) is 8.27. The highest BCUT2D eigenvalue weighted by Crippen LogP contribution is 2.26. The number of ether oxygens (including phenoxy) is 2. The maximum Gasteiger partial charge on any atom is 0.349 e. The summed E-state index contributed by atoms with van der Waals surface area (Å²) < 4.78 is 10.7. The molecular weight excluding hydrogens is 342 g/mol. The molecule has 0 saturated heterocycles. The van der Waals surface area contributed by atoms with Crippen LogP contribution in [0.4, 0.5) is 5.69 Å². The summed E-state index contributed by atoms with van der Waals surface area (Å²) >= 11 is 6.10. The minimum atomic E-state index is -0.518. The summed E-state index contributed by atoms with van der Waals surface area (Å²) in [4.78, 5) is 23.2. The highest BCUT2D eigenvalue weighted by molar-refractivity contribution is 6.32. The van der Waals surface area contributed by atoms with Gasteiger partial charge in [0.15, 0.2) is 6.61 Å². The number of esters is 1. The van der Waals surface area contributed by atoms with Crippen molar-refractivity contribution in [1.29, 1.82) is 0 Å². The predicted octanol–water partition coefficient (Wildman–Crippen LogP) is 4.29. The molecule has 0 aromatic heterocycles. The van der Waals surface area contributed by atoms with Gasteiger partial charge in [-0.1, -0.05) is 18.5 Å². The van der Waals surface area contributed by atoms with Crippen molar-refractivity contribution in [3.05, 3.63) is 52.5 Å². The molecule has 0 spiro atoms. The highest BCUT2D eigenvalue weighted by atomic mass is 35.5. The number of aryl methyl sites for hydroxylation is 2. The van der Waals surface area contributed by atoms with E-state index in [2.05, 4.69) is 5.32 Å². The molecule has 5 nitrogen and oxygen atoms in total. The number of carbonyl (C=O) groups excluding carboxylic acids is 2. The molecule has 0 atom stereocenters. The molecule has 0 aliphatic carbocycles. The van der Waals surface area contributed by atoms with Crippen molar-refractivity contribution in [3.8, 4) is 11.5 Å². The Hall–Kier alpha value is -2.53. The van der Waals surface area contributed by atoms with Crippen molar-refractivity contribution in [2.45, 2.75) is 27.2 Å². The molecule has 0 bridgehead atoms. The van der Waals surface area contributed by atoms with E-state index in [1.165, 1.54) is 0 Å². The van der Waals surface area contributed by atoms with Crippen LogP contribution in [0.5, 0.6) is 11.5 Å². The van der Waals surface area contributed by atoms with Gasteiger partial charge in [-0.05, 0) is 61.4 Å². The van der Waals surface area contributed by atoms with E-state index in [4.69, 9.17) is 21.1 Å². The van der Waals surface area contributed by atoms with E-state index >= 15 is 0 Å². The molecule has 0 heterocycles. The Morgan fingerprint density at radius 3 is 2.20 bits per heavy atom. The molecule has 0 saturated carbocycles. The molecule has 2 aromatic rings. The molecule has 132 valence electrons. The maximum absolute atomic E-state index is 11.9. The molecule has 0 aliphatic heterocycles. The Bertz CT molecular complexity index is 748. The topological polar surface area (TPSA) is 64.6 Å². The number of hydrogen-bond acceptors (Lipinski definition) is 4. The van der Waals surface area contributed by atoms with Crippen molar-refractivity contribution < 1.29 is 19.1 Å². The average molecular weight is 362 g/mol. The van der Waals surface area contributed by atoms with Crippen LogP contribution in [0, 0.1) is 13.8 Å². The lowest BCUT2D eigenvalue weighted by molar-refractivity contribution is -0.136. The number of amides is 1. The molecule has 0 unspecified atom stereocenters. The summed E-state index contributed by atoms with van der Waals surface area (Å²) in [6.45, 7) is 5.31. The van der Waals surface area contributed by atoms with Crippen LogP contribution in [0.3, 0.4) is 0 Å². The van der Waals surface area contributed by atoms with Gasteiger partial charge in [0.2, 0.25) is 5.91 Å². The Morgan fingerprint density at radius 2 is 1.64 bits per heavy atom. The fraction of sp³-hybridized carbons (Fsp3) is 0.263. The van der Waals surface area contributed by atoms with E-state index in [1.54, 1.807) is 43.3 Å². The normalized spacial score (nSPS) is 10.2. The fourth-order valence-electron chi connectivity index (χ4n) is 2.15. The lowest BCUT2D eigenvalue weighted by Gasteiger charge is -2.10. The zero-order valence-electron chi connectivity index (χ0n) is 14.4. The van der Waals surface area contributed by atoms with Gasteiger partial charge in [0.1, 0.15) is 11.5 Å². The van der Waals surface area contributed by atoms with E-state index < -0.39 is 5.97 Å². The van der Waals surface area contributed by atoms with Gasteiger partial charge < -0.3 is 14.8 Å². The first kappa shape index (κ1) is 18.8. The quantitative estimate of drug-likeness (QED) is 0.615. The Labute approximate surface area is 151 Å². The first-order chi connectivity index (χ1) is 11.9. The molecule has 0 aliphatic rings. The molecular formula is C19H20ClNO4. The van der Waals surface area contributed by atoms with Crippen molar-refractivity contribution >= 4 is 29.2 Å². The lowest BCUT2D eigenvalue weighted by atomic mass is 10.1. The first-order valence-electron chi connectivity index (χ1n) is 7.89. The van der Waals surface area contributed by atoms with E-state index in [0.717, 1.165) is 11.1 Å². The highest BCUT2D eigenvalue weighted by Gasteiger charge is 2.09. The van der Waals surface area contributed by atoms with E-state index in [1.807, 2.05) is 13.8 Å². The predicted molar refractivity (Wildman–Crippen MR) is 97.4 cm³/mol. The second-order valence-corrected chi connectivity index (χ2v) is 5.94. The minimum Gasteiger partial charge on any atom is -0.482 e. The van der Waals surface area contributed by atoms with Gasteiger partial charge in [-0.15, -0.1) is 0 Å². The summed E-state index contributed by atoms with van der Waals surface area (Å²) in [6.07, 6.45) is 0.401. The van der Waals surface area contributed by atoms with Gasteiger partial charge in [-0.25, -0.2) is 4.79 Å². The summed E-state index contributed by atoms with van der Waals surface area (Å²) in [6, 6.07) is 10.1. The molecule has 0 radical (unpaired) electrons. The Balaban J connectivity index is 1.89. The number of anilines is 1. The minimum absolute atomic E-state index is 0.0771. The largest absolute Gasteiger partial charge is 0.482 e. The number of hydrogen-bond donors (Lipinski definition) is 1. The summed E-state index contributed by atoms with van der Waals surface area (Å²) in [5, 5.41) is 3.40. The molecule has 0 fully saturated rings. The third-order valence-electron chi connectivity index (χ3n) is 3.46. The fourth-order valence-corrected chi connectivity index (χ4v) is 2.26. The number of halogens is 1. The van der Waals surface area contributed by atoms with E-state index in [9.17, 15) is 9.59 Å². The van der Waals surface area contributed by atoms with Gasteiger partial charge in [0.05, 0.1) is 0 Å². The van der Waals surface area contributed by atoms with Crippen LogP contribution in [0.25, 0.3) is 0 Å². The second kappa shape index (κ2) is 8.53. The molecule has 25 heavy (non-hydrogen) atoms. The smallest absolute Gasteiger partial charge is 0.349 e. The van der Waals surface area contributed by atoms with E-state index in [0.29, 0.717) is 28.6 Å². The van der Waals surface area contributed by atoms with Crippen LogP contribution in [-0.4, -0.2) is 18.5 Å². The summed E-state index contributed by atoms with van der Waals surface area (Å²) in [7, 11) is 0. The van der Waals surface area contributed by atoms with Crippen LogP contribution >= 0.6 is 11.6 Å². The zero-order chi connectivity index (χ0) is 18.4. The maximum atomic E-state index is 11.9. The molecule has 2 rings (SSSR count). The van der Waals surface area contributed by atoms with Crippen molar-refractivity contribution in [1.82, 2.24) is 0 Å². The molecule has 6 heteroatoms. The third-order valence-corrected chi connectivity index (χ3v) is 4.05.